The number of rotatable bonds is 17. The molecule has 248 valence electrons. The zero-order chi connectivity index (χ0) is 34.1. The molecule has 2 N–H and O–H groups in total. The minimum absolute atomic E-state index is 0.0349. The second-order valence-electron chi connectivity index (χ2n) is 8.42. The van der Waals surface area contributed by atoms with Gasteiger partial charge in [0.25, 0.3) is 0 Å². The minimum Gasteiger partial charge on any atom is -0.469 e. The maximum atomic E-state index is 11.5. The van der Waals surface area contributed by atoms with Crippen molar-refractivity contribution in [1.82, 2.24) is 10.6 Å². The number of ketones is 2. The molecule has 0 aromatic heterocycles. The topological polar surface area (TPSA) is 198 Å². The maximum absolute atomic E-state index is 11.5. The van der Waals surface area contributed by atoms with Crippen molar-refractivity contribution in [3.8, 4) is 0 Å². The van der Waals surface area contributed by atoms with E-state index >= 15 is 0 Å². The second-order valence-corrected chi connectivity index (χ2v) is 10.7. The first-order valence-corrected chi connectivity index (χ1v) is 16.2. The van der Waals surface area contributed by atoms with Gasteiger partial charge in [0.15, 0.2) is 11.6 Å². The van der Waals surface area contributed by atoms with E-state index in [0.29, 0.717) is 11.5 Å². The zero-order valence-electron chi connectivity index (χ0n) is 26.1. The molecular formula is C26H45N2O12PS2. The van der Waals surface area contributed by atoms with Crippen LogP contribution in [0.4, 0.5) is 0 Å². The molecule has 0 radical (unpaired) electrons. The highest BCUT2D eigenvalue weighted by molar-refractivity contribution is 8.00. The third kappa shape index (κ3) is 26.6. The van der Waals surface area contributed by atoms with Gasteiger partial charge < -0.3 is 29.6 Å². The summed E-state index contributed by atoms with van der Waals surface area (Å²) in [5.41, 5.74) is 0. The maximum Gasteiger partial charge on any atom is 0.319 e. The molecule has 0 fully saturated rings. The summed E-state index contributed by atoms with van der Waals surface area (Å²) in [5.74, 6) is -2.18. The fraction of sp³-hybridized carbons (Fsp3) is 0.692. The van der Waals surface area contributed by atoms with Crippen LogP contribution in [-0.4, -0.2) is 115 Å². The lowest BCUT2D eigenvalue weighted by atomic mass is 10.2. The van der Waals surface area contributed by atoms with E-state index in [4.69, 9.17) is 9.47 Å². The van der Waals surface area contributed by atoms with E-state index < -0.39 is 47.3 Å². The van der Waals surface area contributed by atoms with E-state index in [1.807, 2.05) is 6.66 Å². The number of amides is 2. The van der Waals surface area contributed by atoms with Gasteiger partial charge in [0.05, 0.1) is 32.7 Å². The Labute approximate surface area is 263 Å². The molecule has 5 atom stereocenters. The predicted octanol–water partition coefficient (Wildman–Crippen LogP) is 0.717. The van der Waals surface area contributed by atoms with Crippen LogP contribution in [0.15, 0.2) is 0 Å². The molecule has 0 bridgehead atoms. The number of ether oxygens (including phenoxy) is 4. The van der Waals surface area contributed by atoms with Gasteiger partial charge in [-0.3, -0.25) is 38.4 Å². The van der Waals surface area contributed by atoms with Gasteiger partial charge in [0.1, 0.15) is 18.0 Å². The SMILES string of the molecule is CC(=O)NC(CSCC(COC(C)=O)OC(C)=O)C(C)=O.COC(=O)CC(SCC(NC(C)=O)C(C)=O)C(=O)OC.CP. The van der Waals surface area contributed by atoms with Gasteiger partial charge in [-0.25, -0.2) is 0 Å². The van der Waals surface area contributed by atoms with Gasteiger partial charge in [0.2, 0.25) is 11.8 Å². The summed E-state index contributed by atoms with van der Waals surface area (Å²) in [6.07, 6.45) is -0.736. The van der Waals surface area contributed by atoms with Gasteiger partial charge in [-0.1, -0.05) is 6.66 Å². The van der Waals surface area contributed by atoms with Crippen molar-refractivity contribution in [3.05, 3.63) is 0 Å². The van der Waals surface area contributed by atoms with Crippen molar-refractivity contribution in [2.45, 2.75) is 71.4 Å². The van der Waals surface area contributed by atoms with E-state index in [-0.39, 0.29) is 42.2 Å². The third-order valence-corrected chi connectivity index (χ3v) is 7.10. The molecule has 0 aliphatic rings. The Bertz CT molecular complexity index is 936. The normalized spacial score (nSPS) is 12.5. The van der Waals surface area contributed by atoms with Gasteiger partial charge in [-0.05, 0) is 13.8 Å². The van der Waals surface area contributed by atoms with Crippen LogP contribution < -0.4 is 10.6 Å². The van der Waals surface area contributed by atoms with Crippen molar-refractivity contribution in [1.29, 1.82) is 0 Å². The smallest absolute Gasteiger partial charge is 0.319 e. The molecule has 0 heterocycles. The Morgan fingerprint density at radius 3 is 1.56 bits per heavy atom. The van der Waals surface area contributed by atoms with Crippen molar-refractivity contribution < 1.29 is 57.3 Å². The van der Waals surface area contributed by atoms with Gasteiger partial charge in [-0.2, -0.15) is 11.8 Å². The number of carbonyl (C=O) groups is 8. The molecule has 43 heavy (non-hydrogen) atoms. The number of nitrogens with one attached hydrogen (secondary N) is 2. The zero-order valence-corrected chi connectivity index (χ0v) is 28.9. The average molecular weight is 673 g/mol. The summed E-state index contributed by atoms with van der Waals surface area (Å²) in [5, 5.41) is 4.25. The molecule has 0 saturated heterocycles. The first-order chi connectivity index (χ1) is 20.0. The number of hydrogen-bond acceptors (Lipinski definition) is 14. The van der Waals surface area contributed by atoms with Gasteiger partial charge >= 0.3 is 23.9 Å². The minimum atomic E-state index is -0.775. The highest BCUT2D eigenvalue weighted by Gasteiger charge is 2.26. The predicted molar refractivity (Wildman–Crippen MR) is 167 cm³/mol. The molecule has 5 unspecified atom stereocenters. The van der Waals surface area contributed by atoms with Crippen molar-refractivity contribution >= 4 is 80.0 Å². The number of thioether (sulfide) groups is 2. The van der Waals surface area contributed by atoms with Crippen LogP contribution in [0.1, 0.15) is 48.0 Å². The molecule has 0 saturated carbocycles. The largest absolute Gasteiger partial charge is 0.469 e. The average Bonchev–Trinajstić information content (AvgIpc) is 2.92. The van der Waals surface area contributed by atoms with Gasteiger partial charge in [0, 0.05) is 45.0 Å². The van der Waals surface area contributed by atoms with E-state index in [9.17, 15) is 38.4 Å². The highest BCUT2D eigenvalue weighted by atomic mass is 32.2. The van der Waals surface area contributed by atoms with Crippen LogP contribution >= 0.6 is 32.8 Å². The summed E-state index contributed by atoms with van der Waals surface area (Å²) in [4.78, 5) is 89.2. The van der Waals surface area contributed by atoms with E-state index in [2.05, 4.69) is 29.3 Å². The quantitative estimate of drug-likeness (QED) is 0.124. The van der Waals surface area contributed by atoms with Crippen LogP contribution in [-0.2, 0) is 57.3 Å². The van der Waals surface area contributed by atoms with Crippen LogP contribution in [0.5, 0.6) is 0 Å². The monoisotopic (exact) mass is 672 g/mol. The first-order valence-electron chi connectivity index (χ1n) is 12.8. The Balaban J connectivity index is -0.000000704. The summed E-state index contributed by atoms with van der Waals surface area (Å²) in [6, 6.07) is -1.29. The third-order valence-electron chi connectivity index (χ3n) is 4.64. The number of carbonyl (C=O) groups excluding carboxylic acids is 8. The van der Waals surface area contributed by atoms with E-state index in [1.165, 1.54) is 67.5 Å². The molecule has 14 nitrogen and oxygen atoms in total. The molecule has 0 aliphatic carbocycles. The molecule has 0 aromatic carbocycles. The fourth-order valence-corrected chi connectivity index (χ4v) is 5.03. The molecule has 0 aromatic rings. The number of Topliss-reactive ketones (excluding diaryl/α,β-unsaturated/α-hetero) is 2. The lowest BCUT2D eigenvalue weighted by Crippen LogP contribution is -2.41. The first kappa shape index (κ1) is 44.7. The molecular weight excluding hydrogens is 627 g/mol. The molecule has 0 spiro atoms. The summed E-state index contributed by atoms with van der Waals surface area (Å²) >= 11 is 2.39. The Hall–Kier alpha value is -2.71. The Morgan fingerprint density at radius 1 is 0.698 bits per heavy atom. The van der Waals surface area contributed by atoms with Crippen LogP contribution in [0.3, 0.4) is 0 Å². The van der Waals surface area contributed by atoms with Crippen molar-refractivity contribution in [3.63, 3.8) is 0 Å². The second kappa shape index (κ2) is 26.9. The Kier molecular flexibility index (Phi) is 28.0. The summed E-state index contributed by atoms with van der Waals surface area (Å²) in [7, 11) is 4.85. The number of methoxy groups -OCH3 is 2. The van der Waals surface area contributed by atoms with Crippen LogP contribution in [0.25, 0.3) is 0 Å². The number of esters is 4. The fourth-order valence-electron chi connectivity index (χ4n) is 2.68. The van der Waals surface area contributed by atoms with Gasteiger partial charge in [-0.15, -0.1) is 21.0 Å². The lowest BCUT2D eigenvalue weighted by molar-refractivity contribution is -0.154. The summed E-state index contributed by atoms with van der Waals surface area (Å²) in [6.45, 7) is 9.78. The van der Waals surface area contributed by atoms with Crippen LogP contribution in [0, 0.1) is 0 Å². The van der Waals surface area contributed by atoms with Crippen molar-refractivity contribution in [2.75, 3.05) is 44.7 Å². The van der Waals surface area contributed by atoms with Crippen molar-refractivity contribution in [2.24, 2.45) is 0 Å². The lowest BCUT2D eigenvalue weighted by Gasteiger charge is -2.18. The molecule has 17 heteroatoms. The number of hydrogen-bond donors (Lipinski definition) is 2. The molecule has 0 rings (SSSR count). The van der Waals surface area contributed by atoms with E-state index in [1.54, 1.807) is 0 Å². The molecule has 2 amide bonds. The Morgan fingerprint density at radius 2 is 1.19 bits per heavy atom. The van der Waals surface area contributed by atoms with Crippen LogP contribution in [0.2, 0.25) is 0 Å². The highest BCUT2D eigenvalue weighted by Crippen LogP contribution is 2.18. The summed E-state index contributed by atoms with van der Waals surface area (Å²) < 4.78 is 18.9. The molecule has 0 aliphatic heterocycles. The standard InChI is InChI=1S/C13H21NO6S.C12H19NO6S.CH5P/c1-8(15)13(14-9(2)16)7-21-6-12(20-11(4)18)5-19-10(3)17;1-7(14)9(13-8(2)15)6-20-10(12(17)19-4)5-11(16)18-3;1-2/h12-13H,5-7H2,1-4H3,(H,14,16);9-10H,5-6H2,1-4H3,(H,13,15);2H2,1H3. The van der Waals surface area contributed by atoms with E-state index in [0.717, 1.165) is 11.8 Å².